The molecular weight excluding hydrogens is 574 g/mol. The van der Waals surface area contributed by atoms with Crippen molar-refractivity contribution in [2.24, 2.45) is 5.84 Å². The summed E-state index contributed by atoms with van der Waals surface area (Å²) in [5.74, 6) is -3.00. The van der Waals surface area contributed by atoms with E-state index in [2.05, 4.69) is 46.5 Å². The Balaban J connectivity index is 0.000000227. The molecular formula is C30H26BF5N2O5. The highest BCUT2D eigenvalue weighted by atomic mass is 19.2. The van der Waals surface area contributed by atoms with E-state index in [-0.39, 0.29) is 6.04 Å². The second-order valence-electron chi connectivity index (χ2n) is 9.09. The van der Waals surface area contributed by atoms with Crippen LogP contribution in [0.1, 0.15) is 22.7 Å². The second kappa shape index (κ2) is 13.8. The van der Waals surface area contributed by atoms with Gasteiger partial charge in [-0.15, -0.1) is 0 Å². The summed E-state index contributed by atoms with van der Waals surface area (Å²) in [5.41, 5.74) is 3.72. The topological polar surface area (TPSA) is 106 Å². The van der Waals surface area contributed by atoms with Crippen LogP contribution in [0.15, 0.2) is 72.8 Å². The fourth-order valence-corrected chi connectivity index (χ4v) is 4.75. The third-order valence-electron chi connectivity index (χ3n) is 6.72. The Kier molecular flexibility index (Phi) is 10.2. The minimum atomic E-state index is -2.38. The van der Waals surface area contributed by atoms with Gasteiger partial charge in [-0.2, -0.15) is 0 Å². The maximum atomic E-state index is 12.9. The molecule has 0 amide bonds. The summed E-state index contributed by atoms with van der Waals surface area (Å²) in [4.78, 5) is 0. The molecule has 0 aliphatic rings. The molecule has 0 aliphatic heterocycles. The largest absolute Gasteiger partial charge is 0.634 e. The lowest BCUT2D eigenvalue weighted by molar-refractivity contribution is 0.170. The number of nitrogens with one attached hydrogen (secondary N) is 1. The molecule has 0 saturated heterocycles. The van der Waals surface area contributed by atoms with Crippen molar-refractivity contribution in [3.8, 4) is 11.5 Å². The molecule has 5 rings (SSSR count). The summed E-state index contributed by atoms with van der Waals surface area (Å²) in [6.45, 7) is -1.16. The third-order valence-corrected chi connectivity index (χ3v) is 6.72. The molecule has 0 heterocycles. The Bertz CT molecular complexity index is 1640. The van der Waals surface area contributed by atoms with Crippen molar-refractivity contribution in [2.45, 2.75) is 12.6 Å². The first-order chi connectivity index (χ1) is 20.6. The van der Waals surface area contributed by atoms with Crippen LogP contribution in [0.5, 0.6) is 11.5 Å². The van der Waals surface area contributed by atoms with Crippen LogP contribution in [-0.2, 0) is 11.3 Å². The van der Waals surface area contributed by atoms with E-state index in [4.69, 9.17) is 25.4 Å². The van der Waals surface area contributed by atoms with Crippen molar-refractivity contribution >= 4 is 28.9 Å². The van der Waals surface area contributed by atoms with Crippen molar-refractivity contribution in [1.29, 1.82) is 0 Å². The van der Waals surface area contributed by atoms with Crippen molar-refractivity contribution in [1.82, 2.24) is 5.43 Å². The van der Waals surface area contributed by atoms with Gasteiger partial charge in [-0.3, -0.25) is 5.84 Å². The molecule has 0 atom stereocenters. The first-order valence-electron chi connectivity index (χ1n) is 12.7. The van der Waals surface area contributed by atoms with Crippen LogP contribution >= 0.6 is 0 Å². The molecule has 0 spiro atoms. The Morgan fingerprint density at radius 1 is 0.674 bits per heavy atom. The maximum absolute atomic E-state index is 12.9. The number of nitrogens with two attached hydrogens (primary N) is 1. The SMILES string of the molecule is COc1ccc2ccccc2c1C(NN)c1c(OC)ccc2ccccc12.OB(O)OCc1c(F)c(F)c(F)c(F)c1F. The molecule has 5 aromatic rings. The van der Waals surface area contributed by atoms with E-state index in [0.29, 0.717) is 0 Å². The lowest BCUT2D eigenvalue weighted by Gasteiger charge is -2.25. The van der Waals surface area contributed by atoms with Crippen LogP contribution in [0.4, 0.5) is 22.0 Å². The zero-order chi connectivity index (χ0) is 31.3. The van der Waals surface area contributed by atoms with E-state index < -0.39 is 48.6 Å². The molecule has 5 aromatic carbocycles. The van der Waals surface area contributed by atoms with E-state index in [0.717, 1.165) is 44.2 Å². The highest BCUT2D eigenvalue weighted by Crippen LogP contribution is 2.42. The molecule has 0 saturated carbocycles. The first kappa shape index (κ1) is 31.7. The predicted molar refractivity (Wildman–Crippen MR) is 151 cm³/mol. The average molecular weight is 600 g/mol. The summed E-state index contributed by atoms with van der Waals surface area (Å²) < 4.78 is 78.8. The molecule has 0 aliphatic carbocycles. The van der Waals surface area contributed by atoms with Crippen molar-refractivity contribution in [3.05, 3.63) is 119 Å². The van der Waals surface area contributed by atoms with Crippen LogP contribution in [0, 0.1) is 29.1 Å². The van der Waals surface area contributed by atoms with Crippen molar-refractivity contribution < 1.29 is 46.1 Å². The molecule has 5 N–H and O–H groups in total. The molecule has 224 valence electrons. The van der Waals surface area contributed by atoms with E-state index in [1.165, 1.54) is 0 Å². The summed E-state index contributed by atoms with van der Waals surface area (Å²) in [7, 11) is 0.984. The number of methoxy groups -OCH3 is 2. The number of fused-ring (bicyclic) bond motifs is 2. The van der Waals surface area contributed by atoms with Crippen LogP contribution in [-0.4, -0.2) is 31.6 Å². The number of hydrogen-bond donors (Lipinski definition) is 4. The molecule has 13 heteroatoms. The van der Waals surface area contributed by atoms with Gasteiger partial charge in [0.05, 0.1) is 32.4 Å². The predicted octanol–water partition coefficient (Wildman–Crippen LogP) is 5.43. The molecule has 0 radical (unpaired) electrons. The van der Waals surface area contributed by atoms with Gasteiger partial charge in [-0.1, -0.05) is 60.7 Å². The van der Waals surface area contributed by atoms with Gasteiger partial charge in [0, 0.05) is 11.1 Å². The number of halogens is 5. The van der Waals surface area contributed by atoms with Gasteiger partial charge < -0.3 is 24.2 Å². The normalized spacial score (nSPS) is 11.0. The monoisotopic (exact) mass is 600 g/mol. The first-order valence-corrected chi connectivity index (χ1v) is 12.7. The zero-order valence-corrected chi connectivity index (χ0v) is 22.9. The fraction of sp³-hybridized carbons (Fsp3) is 0.133. The molecule has 0 unspecified atom stereocenters. The number of rotatable bonds is 8. The van der Waals surface area contributed by atoms with Gasteiger partial charge in [0.25, 0.3) is 0 Å². The maximum Gasteiger partial charge on any atom is 0.634 e. The van der Waals surface area contributed by atoms with Gasteiger partial charge in [0.15, 0.2) is 23.3 Å². The molecule has 43 heavy (non-hydrogen) atoms. The number of hydrogen-bond acceptors (Lipinski definition) is 7. The Labute approximate surface area is 243 Å². The Morgan fingerprint density at radius 3 is 1.49 bits per heavy atom. The quantitative estimate of drug-likeness (QED) is 0.0470. The third kappa shape index (κ3) is 6.41. The number of hydrazine groups is 1. The highest BCUT2D eigenvalue weighted by Gasteiger charge is 2.27. The van der Waals surface area contributed by atoms with E-state index >= 15 is 0 Å². The summed E-state index contributed by atoms with van der Waals surface area (Å²) >= 11 is 0. The van der Waals surface area contributed by atoms with Crippen molar-refractivity contribution in [3.63, 3.8) is 0 Å². The summed E-state index contributed by atoms with van der Waals surface area (Å²) in [6.07, 6.45) is 0. The minimum Gasteiger partial charge on any atom is -0.496 e. The smallest absolute Gasteiger partial charge is 0.496 e. The zero-order valence-electron chi connectivity index (χ0n) is 22.9. The Hall–Kier alpha value is -4.27. The summed E-state index contributed by atoms with van der Waals surface area (Å²) in [6, 6.07) is 24.3. The lowest BCUT2D eigenvalue weighted by atomic mass is 9.89. The fourth-order valence-electron chi connectivity index (χ4n) is 4.75. The standard InChI is InChI=1S/C23H22N2O2.C7H4BF5O3/c1-26-19-13-11-15-7-3-5-9-17(15)21(19)23(25-24)22-18-10-6-4-8-16(18)12-14-20(22)27-2;9-3-2(1-16-8(14)15)4(10)6(12)7(13)5(3)11/h3-14,23,25H,24H2,1-2H3;14-15H,1H2. The number of benzene rings is 5. The van der Waals surface area contributed by atoms with Crippen molar-refractivity contribution in [2.75, 3.05) is 14.2 Å². The highest BCUT2D eigenvalue weighted by molar-refractivity contribution is 6.32. The summed E-state index contributed by atoms with van der Waals surface area (Å²) in [5, 5.41) is 20.9. The van der Waals surface area contributed by atoms with Gasteiger partial charge in [-0.25, -0.2) is 27.4 Å². The van der Waals surface area contributed by atoms with Gasteiger partial charge in [0.2, 0.25) is 5.82 Å². The van der Waals surface area contributed by atoms with Gasteiger partial charge in [0.1, 0.15) is 11.5 Å². The average Bonchev–Trinajstić information content (AvgIpc) is 3.03. The van der Waals surface area contributed by atoms with E-state index in [1.807, 2.05) is 36.4 Å². The Morgan fingerprint density at radius 2 is 1.09 bits per heavy atom. The lowest BCUT2D eigenvalue weighted by Crippen LogP contribution is -2.30. The second-order valence-corrected chi connectivity index (χ2v) is 9.09. The molecule has 0 fully saturated rings. The van der Waals surface area contributed by atoms with E-state index in [9.17, 15) is 22.0 Å². The van der Waals surface area contributed by atoms with Gasteiger partial charge >= 0.3 is 7.32 Å². The number of ether oxygens (including phenoxy) is 2. The van der Waals surface area contributed by atoms with E-state index in [1.54, 1.807) is 14.2 Å². The minimum absolute atomic E-state index is 0.299. The van der Waals surface area contributed by atoms with Crippen LogP contribution < -0.4 is 20.7 Å². The van der Waals surface area contributed by atoms with Gasteiger partial charge in [-0.05, 0) is 33.7 Å². The molecule has 0 aromatic heterocycles. The van der Waals surface area contributed by atoms with Crippen LogP contribution in [0.3, 0.4) is 0 Å². The molecule has 0 bridgehead atoms. The van der Waals surface area contributed by atoms with Crippen LogP contribution in [0.2, 0.25) is 0 Å². The van der Waals surface area contributed by atoms with Crippen LogP contribution in [0.25, 0.3) is 21.5 Å². The molecule has 7 nitrogen and oxygen atoms in total.